The fourth-order valence-electron chi connectivity index (χ4n) is 6.78. The Hall–Kier alpha value is -4.17. The molecule has 1 saturated carbocycles. The fourth-order valence-corrected chi connectivity index (χ4v) is 9.43. The average Bonchev–Trinajstić information content (AvgIpc) is 3.28. The molecule has 0 saturated heterocycles. The molecule has 1 aliphatic carbocycles. The van der Waals surface area contributed by atoms with E-state index in [-0.39, 0.29) is 38.1 Å². The van der Waals surface area contributed by atoms with Gasteiger partial charge in [-0.2, -0.15) is 0 Å². The van der Waals surface area contributed by atoms with Crippen molar-refractivity contribution in [3.05, 3.63) is 167 Å². The van der Waals surface area contributed by atoms with Gasteiger partial charge in [-0.15, -0.1) is 0 Å². The Kier molecular flexibility index (Phi) is 16.7. The molecule has 0 amide bonds. The monoisotopic (exact) mass is 884 g/mol. The summed E-state index contributed by atoms with van der Waals surface area (Å²) in [7, 11) is -3.96. The summed E-state index contributed by atoms with van der Waals surface area (Å²) >= 11 is 0. The van der Waals surface area contributed by atoms with Crippen LogP contribution in [-0.2, 0) is 69.8 Å². The second-order valence-electron chi connectivity index (χ2n) is 16.9. The van der Waals surface area contributed by atoms with Crippen LogP contribution in [0, 0.1) is 0 Å². The van der Waals surface area contributed by atoms with E-state index in [9.17, 15) is 5.11 Å². The Morgan fingerprint density at radius 1 is 0.500 bits per heavy atom. The van der Waals surface area contributed by atoms with Crippen molar-refractivity contribution < 1.29 is 51.4 Å². The Balaban J connectivity index is 1.45. The van der Waals surface area contributed by atoms with Crippen molar-refractivity contribution in [1.82, 2.24) is 0 Å². The molecule has 5 aromatic carbocycles. The van der Waals surface area contributed by atoms with Gasteiger partial charge in [0.15, 0.2) is 8.32 Å². The van der Waals surface area contributed by atoms with Crippen LogP contribution in [0.25, 0.3) is 0 Å². The van der Waals surface area contributed by atoms with Gasteiger partial charge in [0.2, 0.25) is 0 Å². The summed E-state index contributed by atoms with van der Waals surface area (Å²) in [6.45, 7) is 10.9. The topological polar surface area (TPSA) is 120 Å². The number of rotatable bonds is 21. The summed E-state index contributed by atoms with van der Waals surface area (Å²) in [6.07, 6.45) is -6.78. The first-order chi connectivity index (χ1) is 29.8. The minimum Gasteiger partial charge on any atom is -0.497 e. The number of phosphoric acid groups is 1. The van der Waals surface area contributed by atoms with Crippen LogP contribution >= 0.6 is 7.82 Å². The van der Waals surface area contributed by atoms with Crippen LogP contribution in [0.15, 0.2) is 140 Å². The fraction of sp³-hybridized carbons (Fsp3) is 0.388. The van der Waals surface area contributed by atoms with E-state index < -0.39 is 52.8 Å². The zero-order valence-corrected chi connectivity index (χ0v) is 38.7. The number of aliphatic hydroxyl groups excluding tert-OH is 1. The molecule has 11 nitrogen and oxygen atoms in total. The van der Waals surface area contributed by atoms with E-state index in [0.29, 0.717) is 11.5 Å². The lowest BCUT2D eigenvalue weighted by atomic mass is 9.84. The van der Waals surface area contributed by atoms with Crippen molar-refractivity contribution in [3.8, 4) is 11.5 Å². The molecule has 0 bridgehead atoms. The van der Waals surface area contributed by atoms with Crippen LogP contribution < -0.4 is 9.47 Å². The molecular weight excluding hydrogens is 824 g/mol. The normalized spacial score (nSPS) is 20.8. The van der Waals surface area contributed by atoms with Gasteiger partial charge in [-0.05, 0) is 70.2 Å². The number of benzene rings is 5. The van der Waals surface area contributed by atoms with Gasteiger partial charge in [0.1, 0.15) is 48.1 Å². The van der Waals surface area contributed by atoms with Crippen LogP contribution in [0.5, 0.6) is 11.5 Å². The van der Waals surface area contributed by atoms with Crippen molar-refractivity contribution in [2.24, 2.45) is 0 Å². The van der Waals surface area contributed by atoms with Crippen molar-refractivity contribution in [2.45, 2.75) is 109 Å². The Morgan fingerprint density at radius 3 is 1.24 bits per heavy atom. The van der Waals surface area contributed by atoms with Gasteiger partial charge in [-0.25, -0.2) is 4.57 Å². The van der Waals surface area contributed by atoms with Gasteiger partial charge in [0.25, 0.3) is 0 Å². The maximum Gasteiger partial charge on any atom is 0.475 e. The second kappa shape index (κ2) is 21.9. The highest BCUT2D eigenvalue weighted by Gasteiger charge is 2.58. The Morgan fingerprint density at radius 2 is 0.855 bits per heavy atom. The molecule has 5 aromatic rings. The highest BCUT2D eigenvalue weighted by molar-refractivity contribution is 7.48. The molecule has 1 aliphatic rings. The molecule has 0 spiro atoms. The standard InChI is InChI=1S/C49H61O11PSi/c1-49(2,3)62(6,7)60-48-45(55-33-40-25-29-42(53-5)30-26-40)43(50)44(54-32-39-23-27-41(52-4)28-24-39)47(46(48)56-31-36-17-11-8-12-18-36)59-61(51,57-34-37-19-13-9-14-20-37)58-35-38-21-15-10-16-22-38/h8-30,43-48,50H,31-35H2,1-7H3/t43-,44-,45+,46+,47+,48-/m0/s1. The van der Waals surface area contributed by atoms with E-state index in [1.165, 1.54) is 0 Å². The number of ether oxygens (including phenoxy) is 5. The first-order valence-electron chi connectivity index (χ1n) is 20.9. The zero-order valence-electron chi connectivity index (χ0n) is 36.8. The summed E-state index contributed by atoms with van der Waals surface area (Å²) in [5.74, 6) is 1.40. The maximum atomic E-state index is 15.3. The third-order valence-corrected chi connectivity index (χ3v) is 17.3. The number of hydrogen-bond acceptors (Lipinski definition) is 11. The predicted octanol–water partition coefficient (Wildman–Crippen LogP) is 10.5. The van der Waals surface area contributed by atoms with Crippen LogP contribution in [0.2, 0.25) is 18.1 Å². The van der Waals surface area contributed by atoms with Crippen molar-refractivity contribution in [1.29, 1.82) is 0 Å². The number of phosphoric ester groups is 1. The molecule has 6 atom stereocenters. The highest BCUT2D eigenvalue weighted by Crippen LogP contribution is 2.55. The highest BCUT2D eigenvalue weighted by atomic mass is 31.2. The minimum atomic E-state index is -4.51. The SMILES string of the molecule is COc1ccc(CO[C@@H]2[C@@H](O)[C@H](OCc3ccc(OC)cc3)[C@@H](OP(=O)(OCc3ccccc3)OCc3ccccc3)[C@@H](OCc3ccccc3)[C@H]2O[Si](C)(C)C(C)(C)C)cc1. The smallest absolute Gasteiger partial charge is 0.475 e. The summed E-state index contributed by atoms with van der Waals surface area (Å²) in [4.78, 5) is 0. The Bertz CT molecular complexity index is 2070. The molecule has 0 unspecified atom stereocenters. The molecule has 1 fully saturated rings. The van der Waals surface area contributed by atoms with Crippen molar-refractivity contribution >= 4 is 16.1 Å². The van der Waals surface area contributed by atoms with E-state index in [1.54, 1.807) is 14.2 Å². The van der Waals surface area contributed by atoms with Crippen LogP contribution in [0.1, 0.15) is 48.6 Å². The summed E-state index contributed by atoms with van der Waals surface area (Å²) in [5, 5.41) is 12.5. The third kappa shape index (κ3) is 13.0. The summed E-state index contributed by atoms with van der Waals surface area (Å²) in [6, 6.07) is 43.5. The maximum absolute atomic E-state index is 15.3. The van der Waals surface area contributed by atoms with E-state index in [0.717, 1.165) is 27.8 Å². The molecule has 62 heavy (non-hydrogen) atoms. The number of methoxy groups -OCH3 is 2. The van der Waals surface area contributed by atoms with Crippen LogP contribution in [-0.4, -0.2) is 64.3 Å². The van der Waals surface area contributed by atoms with Crippen molar-refractivity contribution in [3.63, 3.8) is 0 Å². The first-order valence-corrected chi connectivity index (χ1v) is 25.3. The molecule has 0 heterocycles. The molecule has 332 valence electrons. The quantitative estimate of drug-likeness (QED) is 0.0560. The molecule has 0 radical (unpaired) electrons. The zero-order chi connectivity index (χ0) is 44.2. The van der Waals surface area contributed by atoms with Gasteiger partial charge in [0, 0.05) is 0 Å². The average molecular weight is 885 g/mol. The molecular formula is C49H61O11PSi. The van der Waals surface area contributed by atoms with Gasteiger partial charge in [-0.3, -0.25) is 13.6 Å². The molecule has 13 heteroatoms. The van der Waals surface area contributed by atoms with Crippen LogP contribution in [0.3, 0.4) is 0 Å². The van der Waals surface area contributed by atoms with Gasteiger partial charge >= 0.3 is 7.82 Å². The summed E-state index contributed by atoms with van der Waals surface area (Å²) < 4.78 is 72.9. The van der Waals surface area contributed by atoms with E-state index in [4.69, 9.17) is 41.7 Å². The molecule has 6 rings (SSSR count). The van der Waals surface area contributed by atoms with E-state index >= 15 is 4.57 Å². The van der Waals surface area contributed by atoms with Crippen LogP contribution in [0.4, 0.5) is 0 Å². The van der Waals surface area contributed by atoms with Gasteiger partial charge < -0.3 is 33.2 Å². The lowest BCUT2D eigenvalue weighted by molar-refractivity contribution is -0.256. The lowest BCUT2D eigenvalue weighted by Gasteiger charge is -2.51. The Labute approximate surface area is 367 Å². The lowest BCUT2D eigenvalue weighted by Crippen LogP contribution is -2.68. The van der Waals surface area contributed by atoms with E-state index in [2.05, 4.69) is 33.9 Å². The summed E-state index contributed by atoms with van der Waals surface area (Å²) in [5.41, 5.74) is 4.07. The van der Waals surface area contributed by atoms with Gasteiger partial charge in [-0.1, -0.05) is 136 Å². The van der Waals surface area contributed by atoms with Gasteiger partial charge in [0.05, 0.1) is 47.3 Å². The second-order valence-corrected chi connectivity index (χ2v) is 23.3. The minimum absolute atomic E-state index is 0.0516. The largest absolute Gasteiger partial charge is 0.497 e. The molecule has 0 aliphatic heterocycles. The third-order valence-electron chi connectivity index (χ3n) is 11.4. The molecule has 0 aromatic heterocycles. The predicted molar refractivity (Wildman–Crippen MR) is 241 cm³/mol. The first kappa shape index (κ1) is 47.3. The number of hydrogen-bond donors (Lipinski definition) is 1. The molecule has 1 N–H and O–H groups in total. The van der Waals surface area contributed by atoms with Crippen molar-refractivity contribution in [2.75, 3.05) is 14.2 Å². The number of aliphatic hydroxyl groups is 1. The van der Waals surface area contributed by atoms with E-state index in [1.807, 2.05) is 140 Å².